The standard InChI is InChI=1S/C33H54N6O11/c1-19(2)10-22(11-28(44)26-6-5-8-39(26)21(4)42)33(49)38-25(13-24-14-34-18-36-24)27(43)12-23(17-41)32(48)35-7-9-50-37-15-29(45)31(47)30(46)20(3)16-40/h14-15,18-20,22-23,25-26,29-31,40-41,45-47H,5-13,16-17H2,1-4H3,(H,34,36)(H,35,48)(H,38,49)/b37-15+/t20?,22-,23+,25+,26+,29?,30?,31?/m1/s1. The van der Waals surface area contributed by atoms with Crippen LogP contribution in [0.4, 0.5) is 0 Å². The number of H-pyrrole nitrogens is 1. The maximum atomic E-state index is 13.6. The number of aliphatic hydroxyl groups is 5. The molecule has 282 valence electrons. The molecule has 0 saturated carbocycles. The van der Waals surface area contributed by atoms with Crippen molar-refractivity contribution in [1.29, 1.82) is 0 Å². The first-order valence-electron chi connectivity index (χ1n) is 17.0. The Kier molecular flexibility index (Phi) is 18.2. The van der Waals surface area contributed by atoms with Crippen LogP contribution in [-0.4, -0.2) is 139 Å². The molecule has 3 amide bonds. The third-order valence-electron chi connectivity index (χ3n) is 8.68. The SMILES string of the molecule is CC(=O)N1CCC[C@H]1C(=O)C[C@@H](CC(C)C)C(=O)N[C@@H](Cc1cnc[nH]1)C(=O)C[C@@H](CO)C(=O)NCCO/N=C/C(O)C(O)C(O)C(C)CO. The summed E-state index contributed by atoms with van der Waals surface area (Å²) in [7, 11) is 0. The summed E-state index contributed by atoms with van der Waals surface area (Å²) in [5.74, 6) is -4.65. The van der Waals surface area contributed by atoms with Crippen LogP contribution in [0, 0.1) is 23.7 Å². The summed E-state index contributed by atoms with van der Waals surface area (Å²) in [6, 6.07) is -1.69. The van der Waals surface area contributed by atoms with E-state index in [4.69, 9.17) is 9.94 Å². The number of carbonyl (C=O) groups is 5. The van der Waals surface area contributed by atoms with Gasteiger partial charge in [0.15, 0.2) is 11.6 Å². The second-order valence-electron chi connectivity index (χ2n) is 13.3. The van der Waals surface area contributed by atoms with Crippen LogP contribution in [0.2, 0.25) is 0 Å². The zero-order valence-corrected chi connectivity index (χ0v) is 29.2. The Morgan fingerprint density at radius 1 is 1.06 bits per heavy atom. The second-order valence-corrected chi connectivity index (χ2v) is 13.3. The molecule has 4 unspecified atom stereocenters. The number of hydrogen-bond acceptors (Lipinski definition) is 13. The van der Waals surface area contributed by atoms with Gasteiger partial charge in [-0.25, -0.2) is 4.98 Å². The van der Waals surface area contributed by atoms with Crippen LogP contribution in [0.1, 0.15) is 65.5 Å². The maximum absolute atomic E-state index is 13.6. The van der Waals surface area contributed by atoms with E-state index in [1.807, 2.05) is 13.8 Å². The van der Waals surface area contributed by atoms with Crippen LogP contribution in [-0.2, 0) is 35.2 Å². The van der Waals surface area contributed by atoms with Gasteiger partial charge in [-0.3, -0.25) is 24.0 Å². The van der Waals surface area contributed by atoms with Gasteiger partial charge in [-0.15, -0.1) is 0 Å². The van der Waals surface area contributed by atoms with E-state index >= 15 is 0 Å². The summed E-state index contributed by atoms with van der Waals surface area (Å²) >= 11 is 0. The molecule has 17 heteroatoms. The van der Waals surface area contributed by atoms with Crippen LogP contribution in [0.25, 0.3) is 0 Å². The largest absolute Gasteiger partial charge is 0.396 e. The van der Waals surface area contributed by atoms with E-state index in [0.717, 1.165) is 6.21 Å². The molecule has 0 aromatic carbocycles. The third kappa shape index (κ3) is 13.5. The molecule has 0 radical (unpaired) electrons. The average molecular weight is 711 g/mol. The second kappa shape index (κ2) is 21.4. The number of aromatic amines is 1. The molecule has 0 aliphatic carbocycles. The Balaban J connectivity index is 2.01. The number of amides is 3. The van der Waals surface area contributed by atoms with Crippen LogP contribution < -0.4 is 10.6 Å². The van der Waals surface area contributed by atoms with Crippen molar-refractivity contribution in [3.63, 3.8) is 0 Å². The van der Waals surface area contributed by atoms with Crippen molar-refractivity contribution < 1.29 is 54.3 Å². The van der Waals surface area contributed by atoms with E-state index < -0.39 is 85.4 Å². The number of oxime groups is 1. The van der Waals surface area contributed by atoms with E-state index in [-0.39, 0.29) is 43.6 Å². The number of rotatable bonds is 23. The van der Waals surface area contributed by atoms with Crippen LogP contribution in [0.15, 0.2) is 17.7 Å². The molecule has 8 N–H and O–H groups in total. The Morgan fingerprint density at radius 2 is 1.78 bits per heavy atom. The number of Topliss-reactive ketones (excluding diaryl/α,β-unsaturated/α-hetero) is 2. The summed E-state index contributed by atoms with van der Waals surface area (Å²) in [6.45, 7) is 5.88. The monoisotopic (exact) mass is 710 g/mol. The van der Waals surface area contributed by atoms with Crippen molar-refractivity contribution in [1.82, 2.24) is 25.5 Å². The van der Waals surface area contributed by atoms with Gasteiger partial charge in [-0.1, -0.05) is 25.9 Å². The van der Waals surface area contributed by atoms with E-state index in [0.29, 0.717) is 31.5 Å². The lowest BCUT2D eigenvalue weighted by molar-refractivity contribution is -0.138. The van der Waals surface area contributed by atoms with E-state index in [1.54, 1.807) is 0 Å². The number of imidazole rings is 1. The van der Waals surface area contributed by atoms with Crippen molar-refractivity contribution in [2.45, 2.75) is 96.6 Å². The van der Waals surface area contributed by atoms with Gasteiger partial charge in [-0.2, -0.15) is 0 Å². The van der Waals surface area contributed by atoms with Crippen LogP contribution >= 0.6 is 0 Å². The number of likely N-dealkylation sites (tertiary alicyclic amines) is 1. The zero-order chi connectivity index (χ0) is 37.4. The average Bonchev–Trinajstić information content (AvgIpc) is 3.79. The molecule has 0 bridgehead atoms. The highest BCUT2D eigenvalue weighted by atomic mass is 16.6. The van der Waals surface area contributed by atoms with Gasteiger partial charge in [-0.05, 0) is 25.2 Å². The number of carbonyl (C=O) groups excluding carboxylic acids is 5. The fourth-order valence-electron chi connectivity index (χ4n) is 5.74. The first-order chi connectivity index (χ1) is 23.7. The van der Waals surface area contributed by atoms with E-state index in [9.17, 15) is 44.4 Å². The highest BCUT2D eigenvalue weighted by molar-refractivity contribution is 5.95. The molecule has 0 spiro atoms. The van der Waals surface area contributed by atoms with Gasteiger partial charge in [0.1, 0.15) is 18.8 Å². The molecule has 1 fully saturated rings. The van der Waals surface area contributed by atoms with Gasteiger partial charge in [0.25, 0.3) is 0 Å². The number of hydrogen-bond donors (Lipinski definition) is 8. The first-order valence-corrected chi connectivity index (χ1v) is 17.0. The lowest BCUT2D eigenvalue weighted by Crippen LogP contribution is -2.48. The lowest BCUT2D eigenvalue weighted by atomic mass is 9.88. The van der Waals surface area contributed by atoms with Gasteiger partial charge < -0.3 is 50.9 Å². The number of aliphatic hydroxyl groups excluding tert-OH is 5. The van der Waals surface area contributed by atoms with Gasteiger partial charge in [0, 0.05) is 63.1 Å². The highest BCUT2D eigenvalue weighted by Gasteiger charge is 2.36. The molecular weight excluding hydrogens is 656 g/mol. The Hall–Kier alpha value is -3.77. The molecule has 1 aliphatic rings. The Bertz CT molecular complexity index is 1260. The van der Waals surface area contributed by atoms with Crippen molar-refractivity contribution in [3.8, 4) is 0 Å². The van der Waals surface area contributed by atoms with E-state index in [2.05, 4.69) is 25.8 Å². The molecule has 1 aliphatic heterocycles. The molecule has 17 nitrogen and oxygen atoms in total. The van der Waals surface area contributed by atoms with Crippen molar-refractivity contribution in [3.05, 3.63) is 18.2 Å². The van der Waals surface area contributed by atoms with E-state index in [1.165, 1.54) is 31.3 Å². The van der Waals surface area contributed by atoms with Gasteiger partial charge >= 0.3 is 0 Å². The van der Waals surface area contributed by atoms with Gasteiger partial charge in [0.05, 0.1) is 49.8 Å². The highest BCUT2D eigenvalue weighted by Crippen LogP contribution is 2.24. The van der Waals surface area contributed by atoms with Crippen LogP contribution in [0.3, 0.4) is 0 Å². The third-order valence-corrected chi connectivity index (χ3v) is 8.68. The summed E-state index contributed by atoms with van der Waals surface area (Å²) in [5.41, 5.74) is 0.543. The molecule has 1 saturated heterocycles. The quantitative estimate of drug-likeness (QED) is 0.0365. The lowest BCUT2D eigenvalue weighted by Gasteiger charge is -2.26. The number of nitrogens with zero attached hydrogens (tertiary/aromatic N) is 3. The van der Waals surface area contributed by atoms with Crippen molar-refractivity contribution in [2.24, 2.45) is 28.8 Å². The molecule has 8 atom stereocenters. The Labute approximate surface area is 291 Å². The fraction of sp³-hybridized carbons (Fsp3) is 0.727. The smallest absolute Gasteiger partial charge is 0.226 e. The normalized spacial score (nSPS) is 19.0. The molecule has 50 heavy (non-hydrogen) atoms. The molecule has 2 heterocycles. The molecule has 1 aromatic heterocycles. The van der Waals surface area contributed by atoms with Crippen molar-refractivity contribution >= 4 is 35.5 Å². The minimum Gasteiger partial charge on any atom is -0.396 e. The summed E-state index contributed by atoms with van der Waals surface area (Å²) in [4.78, 5) is 78.6. The summed E-state index contributed by atoms with van der Waals surface area (Å²) < 4.78 is 0. The summed E-state index contributed by atoms with van der Waals surface area (Å²) in [5, 5.41) is 57.5. The minimum absolute atomic E-state index is 0.0236. The maximum Gasteiger partial charge on any atom is 0.226 e. The predicted molar refractivity (Wildman–Crippen MR) is 179 cm³/mol. The Morgan fingerprint density at radius 3 is 2.38 bits per heavy atom. The predicted octanol–water partition coefficient (Wildman–Crippen LogP) is -1.53. The molecule has 1 aromatic rings. The molecule has 2 rings (SSSR count). The van der Waals surface area contributed by atoms with Crippen LogP contribution in [0.5, 0.6) is 0 Å². The minimum atomic E-state index is -1.62. The topological polar surface area (TPSA) is 264 Å². The fourth-order valence-corrected chi connectivity index (χ4v) is 5.74. The number of nitrogens with one attached hydrogen (secondary N) is 3. The zero-order valence-electron chi connectivity index (χ0n) is 29.2. The van der Waals surface area contributed by atoms with Crippen molar-refractivity contribution in [2.75, 3.05) is 32.9 Å². The first kappa shape index (κ1) is 42.4. The van der Waals surface area contributed by atoms with Gasteiger partial charge in [0.2, 0.25) is 17.7 Å². The molecular formula is C33H54N6O11. The number of ketones is 2. The number of aromatic nitrogens is 2. The summed E-state index contributed by atoms with van der Waals surface area (Å²) in [6.07, 6.45) is 0.267.